The van der Waals surface area contributed by atoms with Crippen LogP contribution in [0.2, 0.25) is 0 Å². The van der Waals surface area contributed by atoms with Gasteiger partial charge in [-0.2, -0.15) is 0 Å². The Kier molecular flexibility index (Phi) is 3.08. The number of hydrogen-bond acceptors (Lipinski definition) is 1. The van der Waals surface area contributed by atoms with Gasteiger partial charge in [0.15, 0.2) is 0 Å². The van der Waals surface area contributed by atoms with E-state index in [1.165, 1.54) is 40.6 Å². The summed E-state index contributed by atoms with van der Waals surface area (Å²) in [5.74, 6) is 0. The maximum Gasteiger partial charge on any atom is 0.0530 e. The zero-order valence-electron chi connectivity index (χ0n) is 12.7. The van der Waals surface area contributed by atoms with Gasteiger partial charge in [-0.15, -0.1) is 0 Å². The first-order valence-electron chi connectivity index (χ1n) is 7.56. The molecule has 0 N–H and O–H groups in total. The molecule has 1 heterocycles. The third-order valence-electron chi connectivity index (χ3n) is 4.63. The molecule has 0 saturated heterocycles. The Morgan fingerprint density at radius 3 is 2.60 bits per heavy atom. The van der Waals surface area contributed by atoms with Gasteiger partial charge in [-0.3, -0.25) is 0 Å². The zero-order chi connectivity index (χ0) is 14.3. The van der Waals surface area contributed by atoms with Crippen molar-refractivity contribution in [1.82, 2.24) is 0 Å². The maximum absolute atomic E-state index is 4.39. The fraction of sp³-hybridized carbons (Fsp3) is 0.368. The van der Waals surface area contributed by atoms with Crippen LogP contribution in [0.5, 0.6) is 0 Å². The molecular formula is C19H23N. The van der Waals surface area contributed by atoms with Crippen molar-refractivity contribution in [2.45, 2.75) is 39.0 Å². The zero-order valence-corrected chi connectivity index (χ0v) is 12.7. The average Bonchev–Trinajstić information content (AvgIpc) is 2.65. The van der Waals surface area contributed by atoms with E-state index in [9.17, 15) is 0 Å². The van der Waals surface area contributed by atoms with Crippen molar-refractivity contribution in [2.24, 2.45) is 0 Å². The SMILES string of the molecule is C=C1N(CCCC)c2c(ccc3ccccc23)C1(C)C. The van der Waals surface area contributed by atoms with Gasteiger partial charge >= 0.3 is 0 Å². The molecule has 2 aromatic rings. The highest BCUT2D eigenvalue weighted by Crippen LogP contribution is 2.49. The van der Waals surface area contributed by atoms with Crippen molar-refractivity contribution in [3.05, 3.63) is 54.2 Å². The molecule has 1 heteroatoms. The maximum atomic E-state index is 4.39. The van der Waals surface area contributed by atoms with E-state index in [-0.39, 0.29) is 5.41 Å². The van der Waals surface area contributed by atoms with Crippen molar-refractivity contribution in [3.63, 3.8) is 0 Å². The molecule has 0 fully saturated rings. The Morgan fingerprint density at radius 1 is 1.10 bits per heavy atom. The molecule has 104 valence electrons. The monoisotopic (exact) mass is 265 g/mol. The van der Waals surface area contributed by atoms with Crippen LogP contribution in [0.4, 0.5) is 5.69 Å². The Morgan fingerprint density at radius 2 is 1.85 bits per heavy atom. The lowest BCUT2D eigenvalue weighted by molar-refractivity contribution is 0.627. The van der Waals surface area contributed by atoms with E-state index < -0.39 is 0 Å². The highest BCUT2D eigenvalue weighted by atomic mass is 15.2. The molecule has 0 aromatic heterocycles. The molecule has 0 saturated carbocycles. The number of allylic oxidation sites excluding steroid dienone is 1. The second kappa shape index (κ2) is 4.66. The van der Waals surface area contributed by atoms with Crippen LogP contribution in [0.15, 0.2) is 48.7 Å². The number of fused-ring (bicyclic) bond motifs is 3. The van der Waals surface area contributed by atoms with E-state index >= 15 is 0 Å². The summed E-state index contributed by atoms with van der Waals surface area (Å²) in [5, 5.41) is 2.67. The van der Waals surface area contributed by atoms with Crippen LogP contribution in [0.25, 0.3) is 10.8 Å². The van der Waals surface area contributed by atoms with E-state index in [1.807, 2.05) is 0 Å². The molecule has 1 nitrogen and oxygen atoms in total. The fourth-order valence-corrected chi connectivity index (χ4v) is 3.24. The quantitative estimate of drug-likeness (QED) is 0.732. The van der Waals surface area contributed by atoms with Crippen LogP contribution in [0, 0.1) is 0 Å². The third kappa shape index (κ3) is 1.76. The predicted octanol–water partition coefficient (Wildman–Crippen LogP) is 5.25. The summed E-state index contributed by atoms with van der Waals surface area (Å²) in [6, 6.07) is 13.2. The Balaban J connectivity index is 2.24. The molecule has 0 unspecified atom stereocenters. The van der Waals surface area contributed by atoms with Crippen LogP contribution >= 0.6 is 0 Å². The first-order chi connectivity index (χ1) is 9.57. The highest BCUT2D eigenvalue weighted by Gasteiger charge is 2.39. The second-order valence-corrected chi connectivity index (χ2v) is 6.26. The number of anilines is 1. The summed E-state index contributed by atoms with van der Waals surface area (Å²) in [6.45, 7) is 12.3. The summed E-state index contributed by atoms with van der Waals surface area (Å²) >= 11 is 0. The van der Waals surface area contributed by atoms with E-state index in [2.05, 4.69) is 68.6 Å². The van der Waals surface area contributed by atoms with Gasteiger partial charge in [0.1, 0.15) is 0 Å². The topological polar surface area (TPSA) is 3.24 Å². The predicted molar refractivity (Wildman–Crippen MR) is 88.4 cm³/mol. The average molecular weight is 265 g/mol. The van der Waals surface area contributed by atoms with Gasteiger partial charge in [0.2, 0.25) is 0 Å². The van der Waals surface area contributed by atoms with Crippen LogP contribution < -0.4 is 4.90 Å². The van der Waals surface area contributed by atoms with Gasteiger partial charge in [-0.1, -0.05) is 70.2 Å². The number of unbranched alkanes of at least 4 members (excludes halogenated alkanes) is 1. The van der Waals surface area contributed by atoms with Crippen LogP contribution in [-0.4, -0.2) is 6.54 Å². The summed E-state index contributed by atoms with van der Waals surface area (Å²) in [4.78, 5) is 2.45. The van der Waals surface area contributed by atoms with Gasteiger partial charge in [-0.05, 0) is 17.4 Å². The van der Waals surface area contributed by atoms with Crippen molar-refractivity contribution in [2.75, 3.05) is 11.4 Å². The molecule has 0 atom stereocenters. The Hall–Kier alpha value is -1.76. The Bertz CT molecular complexity index is 667. The minimum Gasteiger partial charge on any atom is -0.344 e. The lowest BCUT2D eigenvalue weighted by Crippen LogP contribution is -2.26. The standard InChI is InChI=1S/C19H23N/c1-5-6-13-20-14(2)19(3,4)17-12-11-15-9-7-8-10-16(15)18(17)20/h7-12H,2,5-6,13H2,1,3-4H3. The molecule has 0 aliphatic carbocycles. The lowest BCUT2D eigenvalue weighted by Gasteiger charge is -2.26. The molecule has 2 aromatic carbocycles. The first-order valence-corrected chi connectivity index (χ1v) is 7.56. The van der Waals surface area contributed by atoms with E-state index in [0.29, 0.717) is 0 Å². The minimum absolute atomic E-state index is 0.0348. The van der Waals surface area contributed by atoms with Crippen molar-refractivity contribution in [1.29, 1.82) is 0 Å². The molecule has 0 spiro atoms. The smallest absolute Gasteiger partial charge is 0.0530 e. The number of rotatable bonds is 3. The van der Waals surface area contributed by atoms with Crippen molar-refractivity contribution < 1.29 is 0 Å². The molecule has 1 aliphatic heterocycles. The van der Waals surface area contributed by atoms with Crippen LogP contribution in [-0.2, 0) is 5.41 Å². The number of benzene rings is 2. The lowest BCUT2D eigenvalue weighted by atomic mass is 9.84. The minimum atomic E-state index is 0.0348. The highest BCUT2D eigenvalue weighted by molar-refractivity contribution is 5.99. The number of hydrogen-bond donors (Lipinski definition) is 0. The molecule has 0 amide bonds. The first kappa shape index (κ1) is 13.2. The molecule has 1 aliphatic rings. The molecule has 0 bridgehead atoms. The number of nitrogens with zero attached hydrogens (tertiary/aromatic N) is 1. The van der Waals surface area contributed by atoms with Crippen LogP contribution in [0.3, 0.4) is 0 Å². The Labute approximate surface area is 121 Å². The van der Waals surface area contributed by atoms with Gasteiger partial charge in [0, 0.05) is 23.0 Å². The van der Waals surface area contributed by atoms with Gasteiger partial charge in [-0.25, -0.2) is 0 Å². The van der Waals surface area contributed by atoms with Gasteiger partial charge in [0.25, 0.3) is 0 Å². The fourth-order valence-electron chi connectivity index (χ4n) is 3.24. The molecular weight excluding hydrogens is 242 g/mol. The summed E-state index contributed by atoms with van der Waals surface area (Å²) in [7, 11) is 0. The molecule has 20 heavy (non-hydrogen) atoms. The van der Waals surface area contributed by atoms with E-state index in [0.717, 1.165) is 6.54 Å². The van der Waals surface area contributed by atoms with Gasteiger partial charge in [0.05, 0.1) is 5.69 Å². The second-order valence-electron chi connectivity index (χ2n) is 6.26. The third-order valence-corrected chi connectivity index (χ3v) is 4.63. The molecule has 3 rings (SSSR count). The van der Waals surface area contributed by atoms with Gasteiger partial charge < -0.3 is 4.90 Å². The van der Waals surface area contributed by atoms with E-state index in [1.54, 1.807) is 0 Å². The largest absolute Gasteiger partial charge is 0.344 e. The summed E-state index contributed by atoms with van der Waals surface area (Å²) < 4.78 is 0. The van der Waals surface area contributed by atoms with Crippen molar-refractivity contribution >= 4 is 16.5 Å². The summed E-state index contributed by atoms with van der Waals surface area (Å²) in [5.41, 5.74) is 4.06. The van der Waals surface area contributed by atoms with Crippen molar-refractivity contribution in [3.8, 4) is 0 Å². The normalized spacial score (nSPS) is 16.8. The van der Waals surface area contributed by atoms with Crippen LogP contribution in [0.1, 0.15) is 39.2 Å². The summed E-state index contributed by atoms with van der Waals surface area (Å²) in [6.07, 6.45) is 2.42. The van der Waals surface area contributed by atoms with E-state index in [4.69, 9.17) is 0 Å². The molecule has 0 radical (unpaired) electrons.